The van der Waals surface area contributed by atoms with Crippen molar-refractivity contribution >= 4 is 17.5 Å². The van der Waals surface area contributed by atoms with Crippen LogP contribution in [-0.4, -0.2) is 22.8 Å². The first-order valence-corrected chi connectivity index (χ1v) is 7.91. The zero-order valence-corrected chi connectivity index (χ0v) is 13.3. The smallest absolute Gasteiger partial charge is 0.251 e. The third kappa shape index (κ3) is 4.00. The molecule has 0 aromatic heterocycles. The van der Waals surface area contributed by atoms with E-state index in [1.807, 2.05) is 6.07 Å². The van der Waals surface area contributed by atoms with Gasteiger partial charge in [-0.3, -0.25) is 19.7 Å². The number of nitro groups is 1. The van der Waals surface area contributed by atoms with Gasteiger partial charge in [-0.2, -0.15) is 0 Å². The minimum Gasteiger partial charge on any atom is -0.340 e. The highest BCUT2D eigenvalue weighted by atomic mass is 16.6. The van der Waals surface area contributed by atoms with Crippen LogP contribution in [0.15, 0.2) is 60.7 Å². The molecule has 0 radical (unpaired) electrons. The second-order valence-electron chi connectivity index (χ2n) is 5.90. The number of anilines is 1. The first kappa shape index (κ1) is 16.6. The Morgan fingerprint density at radius 3 is 2.20 bits per heavy atom. The van der Waals surface area contributed by atoms with Crippen molar-refractivity contribution in [1.29, 1.82) is 0 Å². The highest BCUT2D eigenvalue weighted by Crippen LogP contribution is 2.33. The van der Waals surface area contributed by atoms with E-state index in [2.05, 4.69) is 10.6 Å². The van der Waals surface area contributed by atoms with E-state index in [0.717, 1.165) is 0 Å². The summed E-state index contributed by atoms with van der Waals surface area (Å²) in [6.45, 7) is 0. The van der Waals surface area contributed by atoms with Crippen LogP contribution in [0.5, 0.6) is 0 Å². The molecule has 0 aliphatic heterocycles. The van der Waals surface area contributed by atoms with Crippen molar-refractivity contribution in [3.8, 4) is 0 Å². The van der Waals surface area contributed by atoms with Crippen molar-refractivity contribution in [2.24, 2.45) is 5.92 Å². The van der Waals surface area contributed by atoms with Gasteiger partial charge in [0.1, 0.15) is 12.0 Å². The second-order valence-corrected chi connectivity index (χ2v) is 5.90. The van der Waals surface area contributed by atoms with Crippen LogP contribution in [0.4, 0.5) is 5.69 Å². The molecule has 2 amide bonds. The van der Waals surface area contributed by atoms with Crippen LogP contribution in [0.2, 0.25) is 0 Å². The van der Waals surface area contributed by atoms with Crippen molar-refractivity contribution in [2.75, 3.05) is 5.32 Å². The van der Waals surface area contributed by atoms with E-state index in [4.69, 9.17) is 0 Å². The van der Waals surface area contributed by atoms with Crippen LogP contribution in [0.25, 0.3) is 0 Å². The molecule has 128 valence electrons. The third-order valence-corrected chi connectivity index (χ3v) is 4.09. The Kier molecular flexibility index (Phi) is 4.74. The van der Waals surface area contributed by atoms with Crippen LogP contribution in [0.3, 0.4) is 0 Å². The Morgan fingerprint density at radius 1 is 1.04 bits per heavy atom. The Labute approximate surface area is 144 Å². The summed E-state index contributed by atoms with van der Waals surface area (Å²) in [6, 6.07) is 15.9. The van der Waals surface area contributed by atoms with Gasteiger partial charge in [-0.25, -0.2) is 0 Å². The maximum absolute atomic E-state index is 12.6. The van der Waals surface area contributed by atoms with E-state index in [1.54, 1.807) is 54.6 Å². The van der Waals surface area contributed by atoms with Crippen LogP contribution in [-0.2, 0) is 9.59 Å². The number of benzene rings is 2. The minimum atomic E-state index is -0.915. The van der Waals surface area contributed by atoms with E-state index < -0.39 is 34.7 Å². The molecule has 0 spiro atoms. The standard InChI is InChI=1S/C18H17N3O4/c22-17(14-11-15(14)21(24)25)20-16(12-7-3-1-4-8-12)18(23)19-13-9-5-2-6-10-13/h1-10,14-16H,11H2,(H,19,23)(H,20,22). The maximum atomic E-state index is 12.6. The average Bonchev–Trinajstić information content (AvgIpc) is 3.42. The lowest BCUT2D eigenvalue weighted by atomic mass is 10.1. The largest absolute Gasteiger partial charge is 0.340 e. The molecule has 2 aromatic carbocycles. The number of carbonyl (C=O) groups is 2. The van der Waals surface area contributed by atoms with E-state index in [0.29, 0.717) is 11.3 Å². The summed E-state index contributed by atoms with van der Waals surface area (Å²) < 4.78 is 0. The molecular weight excluding hydrogens is 322 g/mol. The van der Waals surface area contributed by atoms with Gasteiger partial charge >= 0.3 is 0 Å². The van der Waals surface area contributed by atoms with Crippen molar-refractivity contribution < 1.29 is 14.5 Å². The van der Waals surface area contributed by atoms with Crippen LogP contribution >= 0.6 is 0 Å². The van der Waals surface area contributed by atoms with E-state index in [1.165, 1.54) is 0 Å². The number of rotatable bonds is 6. The molecule has 1 fully saturated rings. The predicted molar refractivity (Wildman–Crippen MR) is 91.3 cm³/mol. The summed E-state index contributed by atoms with van der Waals surface area (Å²) in [5.74, 6) is -1.55. The Bertz CT molecular complexity index is 779. The number of nitrogens with zero attached hydrogens (tertiary/aromatic N) is 1. The van der Waals surface area contributed by atoms with E-state index in [9.17, 15) is 19.7 Å². The number of hydrogen-bond acceptors (Lipinski definition) is 4. The van der Waals surface area contributed by atoms with Crippen molar-refractivity contribution in [2.45, 2.75) is 18.5 Å². The molecular formula is C18H17N3O4. The molecule has 2 aromatic rings. The third-order valence-electron chi connectivity index (χ3n) is 4.09. The fraction of sp³-hybridized carbons (Fsp3) is 0.222. The molecule has 25 heavy (non-hydrogen) atoms. The summed E-state index contributed by atoms with van der Waals surface area (Å²) >= 11 is 0. The average molecular weight is 339 g/mol. The van der Waals surface area contributed by atoms with Crippen LogP contribution in [0.1, 0.15) is 18.0 Å². The van der Waals surface area contributed by atoms with Crippen molar-refractivity contribution in [3.63, 3.8) is 0 Å². The fourth-order valence-corrected chi connectivity index (χ4v) is 2.63. The van der Waals surface area contributed by atoms with Crippen molar-refractivity contribution in [1.82, 2.24) is 5.32 Å². The lowest BCUT2D eigenvalue weighted by molar-refractivity contribution is -0.497. The molecule has 3 atom stereocenters. The summed E-state index contributed by atoms with van der Waals surface area (Å²) in [5.41, 5.74) is 1.22. The molecule has 0 heterocycles. The highest BCUT2D eigenvalue weighted by molar-refractivity contribution is 5.98. The molecule has 1 saturated carbocycles. The summed E-state index contributed by atoms with van der Waals surface area (Å²) in [7, 11) is 0. The number of hydrogen-bond donors (Lipinski definition) is 2. The number of para-hydroxylation sites is 1. The highest BCUT2D eigenvalue weighted by Gasteiger charge is 2.53. The van der Waals surface area contributed by atoms with Crippen LogP contribution in [0, 0.1) is 16.0 Å². The molecule has 1 aliphatic rings. The van der Waals surface area contributed by atoms with Gasteiger partial charge in [-0.1, -0.05) is 48.5 Å². The molecule has 0 saturated heterocycles. The van der Waals surface area contributed by atoms with Gasteiger partial charge < -0.3 is 10.6 Å². The van der Waals surface area contributed by atoms with Gasteiger partial charge in [-0.15, -0.1) is 0 Å². The molecule has 2 N–H and O–H groups in total. The maximum Gasteiger partial charge on any atom is 0.251 e. The molecule has 7 heteroatoms. The van der Waals surface area contributed by atoms with Gasteiger partial charge in [0.25, 0.3) is 5.91 Å². The molecule has 3 unspecified atom stereocenters. The van der Waals surface area contributed by atoms with Crippen molar-refractivity contribution in [3.05, 3.63) is 76.3 Å². The number of nitrogens with one attached hydrogen (secondary N) is 2. The monoisotopic (exact) mass is 339 g/mol. The fourth-order valence-electron chi connectivity index (χ4n) is 2.63. The van der Waals surface area contributed by atoms with E-state index in [-0.39, 0.29) is 6.42 Å². The van der Waals surface area contributed by atoms with E-state index >= 15 is 0 Å². The first-order valence-electron chi connectivity index (χ1n) is 7.91. The van der Waals surface area contributed by atoms with Crippen LogP contribution < -0.4 is 10.6 Å². The zero-order chi connectivity index (χ0) is 17.8. The second kappa shape index (κ2) is 7.12. The molecule has 0 bridgehead atoms. The normalized spacial score (nSPS) is 19.5. The predicted octanol–water partition coefficient (Wildman–Crippen LogP) is 2.15. The molecule has 3 rings (SSSR count). The number of carbonyl (C=O) groups excluding carboxylic acids is 2. The Morgan fingerprint density at radius 2 is 1.64 bits per heavy atom. The minimum absolute atomic E-state index is 0.209. The van der Waals surface area contributed by atoms with Gasteiger partial charge in [0.15, 0.2) is 0 Å². The van der Waals surface area contributed by atoms with Gasteiger partial charge in [0.05, 0.1) is 0 Å². The summed E-state index contributed by atoms with van der Waals surface area (Å²) in [4.78, 5) is 35.2. The summed E-state index contributed by atoms with van der Waals surface area (Å²) in [5, 5.41) is 16.1. The molecule has 1 aliphatic carbocycles. The number of amides is 2. The van der Waals surface area contributed by atoms with Gasteiger partial charge in [0.2, 0.25) is 11.9 Å². The Hall–Kier alpha value is -3.22. The lowest BCUT2D eigenvalue weighted by Crippen LogP contribution is -2.38. The van der Waals surface area contributed by atoms with Gasteiger partial charge in [0, 0.05) is 17.0 Å². The topological polar surface area (TPSA) is 101 Å². The zero-order valence-electron chi connectivity index (χ0n) is 13.3. The lowest BCUT2D eigenvalue weighted by Gasteiger charge is -2.18. The van der Waals surface area contributed by atoms with Gasteiger partial charge in [-0.05, 0) is 17.7 Å². The molecule has 7 nitrogen and oxygen atoms in total. The first-order chi connectivity index (χ1) is 12.1. The quantitative estimate of drug-likeness (QED) is 0.622. The Balaban J connectivity index is 1.75. The SMILES string of the molecule is O=C(Nc1ccccc1)C(NC(=O)C1CC1[N+](=O)[O-])c1ccccc1. The summed E-state index contributed by atoms with van der Waals surface area (Å²) in [6.07, 6.45) is 0.209.